The SMILES string of the molecule is Cn1c(C2CCCN2C(=O)C2CCC2C(=O)O)nc2ccccc21. The van der Waals surface area contributed by atoms with Crippen LogP contribution in [0, 0.1) is 11.8 Å². The van der Waals surface area contributed by atoms with E-state index in [0.717, 1.165) is 29.7 Å². The lowest BCUT2D eigenvalue weighted by atomic mass is 9.73. The average molecular weight is 327 g/mol. The van der Waals surface area contributed by atoms with Gasteiger partial charge in [0.2, 0.25) is 5.91 Å². The van der Waals surface area contributed by atoms with Crippen LogP contribution in [0.2, 0.25) is 0 Å². The number of benzene rings is 1. The molecule has 0 spiro atoms. The summed E-state index contributed by atoms with van der Waals surface area (Å²) in [6.07, 6.45) is 3.11. The average Bonchev–Trinajstić information content (AvgIpc) is 3.10. The van der Waals surface area contributed by atoms with Gasteiger partial charge in [-0.2, -0.15) is 0 Å². The number of carbonyl (C=O) groups excluding carboxylic acids is 1. The van der Waals surface area contributed by atoms with Crippen molar-refractivity contribution in [2.45, 2.75) is 31.7 Å². The van der Waals surface area contributed by atoms with Crippen LogP contribution in [-0.4, -0.2) is 38.0 Å². The number of aromatic nitrogens is 2. The second-order valence-corrected chi connectivity index (χ2v) is 6.84. The van der Waals surface area contributed by atoms with Crippen molar-refractivity contribution in [2.75, 3.05) is 6.54 Å². The summed E-state index contributed by atoms with van der Waals surface area (Å²) in [6.45, 7) is 0.690. The van der Waals surface area contributed by atoms with Crippen LogP contribution in [0.25, 0.3) is 11.0 Å². The highest BCUT2D eigenvalue weighted by Crippen LogP contribution is 2.40. The van der Waals surface area contributed by atoms with Gasteiger partial charge in [0, 0.05) is 13.6 Å². The van der Waals surface area contributed by atoms with Gasteiger partial charge in [-0.05, 0) is 37.8 Å². The highest BCUT2D eigenvalue weighted by molar-refractivity contribution is 5.87. The summed E-state index contributed by atoms with van der Waals surface area (Å²) >= 11 is 0. The van der Waals surface area contributed by atoms with E-state index in [9.17, 15) is 14.7 Å². The number of amides is 1. The Balaban J connectivity index is 1.64. The third-order valence-electron chi connectivity index (χ3n) is 5.56. The number of carboxylic acid groups (broad SMARTS) is 1. The number of nitrogens with zero attached hydrogens (tertiary/aromatic N) is 3. The Kier molecular flexibility index (Phi) is 3.55. The fourth-order valence-electron chi connectivity index (χ4n) is 4.07. The van der Waals surface area contributed by atoms with Gasteiger partial charge in [-0.1, -0.05) is 12.1 Å². The zero-order valence-electron chi connectivity index (χ0n) is 13.7. The molecule has 1 aliphatic carbocycles. The molecule has 2 aromatic rings. The number of rotatable bonds is 3. The highest BCUT2D eigenvalue weighted by Gasteiger charge is 2.46. The molecular weight excluding hydrogens is 306 g/mol. The molecule has 1 aliphatic heterocycles. The molecule has 126 valence electrons. The van der Waals surface area contributed by atoms with E-state index in [2.05, 4.69) is 4.57 Å². The summed E-state index contributed by atoms with van der Waals surface area (Å²) in [4.78, 5) is 30.7. The van der Waals surface area contributed by atoms with Gasteiger partial charge in [0.15, 0.2) is 0 Å². The third-order valence-corrected chi connectivity index (χ3v) is 5.56. The largest absolute Gasteiger partial charge is 0.481 e. The zero-order chi connectivity index (χ0) is 16.8. The van der Waals surface area contributed by atoms with Crippen molar-refractivity contribution in [3.63, 3.8) is 0 Å². The van der Waals surface area contributed by atoms with E-state index in [0.29, 0.717) is 19.4 Å². The standard InChI is InChI=1S/C18H21N3O3/c1-20-14-6-3-2-5-13(14)19-16(20)15-7-4-10-21(15)17(22)11-8-9-12(11)18(23)24/h2-3,5-6,11-12,15H,4,7-10H2,1H3,(H,23,24). The Hall–Kier alpha value is -2.37. The van der Waals surface area contributed by atoms with Crippen molar-refractivity contribution in [3.05, 3.63) is 30.1 Å². The number of fused-ring (bicyclic) bond motifs is 1. The minimum atomic E-state index is -0.849. The first-order valence-corrected chi connectivity index (χ1v) is 8.52. The summed E-state index contributed by atoms with van der Waals surface area (Å²) < 4.78 is 2.06. The number of para-hydroxylation sites is 2. The smallest absolute Gasteiger partial charge is 0.307 e. The van der Waals surface area contributed by atoms with Crippen molar-refractivity contribution in [2.24, 2.45) is 18.9 Å². The van der Waals surface area contributed by atoms with Crippen LogP contribution in [0.1, 0.15) is 37.5 Å². The molecule has 2 aliphatic rings. The molecule has 3 unspecified atom stereocenters. The Morgan fingerprint density at radius 1 is 1.17 bits per heavy atom. The van der Waals surface area contributed by atoms with Crippen LogP contribution >= 0.6 is 0 Å². The van der Waals surface area contributed by atoms with Gasteiger partial charge in [0.25, 0.3) is 0 Å². The van der Waals surface area contributed by atoms with Gasteiger partial charge >= 0.3 is 5.97 Å². The van der Waals surface area contributed by atoms with Crippen LogP contribution in [0.4, 0.5) is 0 Å². The third kappa shape index (κ3) is 2.20. The summed E-state index contributed by atoms with van der Waals surface area (Å²) in [5.41, 5.74) is 1.99. The summed E-state index contributed by atoms with van der Waals surface area (Å²) in [7, 11) is 1.98. The summed E-state index contributed by atoms with van der Waals surface area (Å²) in [6, 6.07) is 7.90. The highest BCUT2D eigenvalue weighted by atomic mass is 16.4. The molecule has 1 aromatic heterocycles. The first-order valence-electron chi connectivity index (χ1n) is 8.52. The molecule has 6 nitrogen and oxygen atoms in total. The Morgan fingerprint density at radius 2 is 1.92 bits per heavy atom. The van der Waals surface area contributed by atoms with Crippen molar-refractivity contribution < 1.29 is 14.7 Å². The number of hydrogen-bond donors (Lipinski definition) is 1. The van der Waals surface area contributed by atoms with Gasteiger partial charge in [-0.25, -0.2) is 4.98 Å². The number of imidazole rings is 1. The maximum absolute atomic E-state index is 12.9. The van der Waals surface area contributed by atoms with E-state index in [1.807, 2.05) is 36.2 Å². The first-order chi connectivity index (χ1) is 11.6. The minimum absolute atomic E-state index is 0.0109. The van der Waals surface area contributed by atoms with Gasteiger partial charge < -0.3 is 14.6 Å². The fraction of sp³-hybridized carbons (Fsp3) is 0.500. The van der Waals surface area contributed by atoms with Crippen LogP contribution in [-0.2, 0) is 16.6 Å². The topological polar surface area (TPSA) is 75.4 Å². The van der Waals surface area contributed by atoms with Crippen molar-refractivity contribution in [1.29, 1.82) is 0 Å². The first kappa shape index (κ1) is 15.2. The quantitative estimate of drug-likeness (QED) is 0.939. The molecule has 4 rings (SSSR count). The van der Waals surface area contributed by atoms with Gasteiger partial charge in [0.05, 0.1) is 28.9 Å². The van der Waals surface area contributed by atoms with Crippen molar-refractivity contribution >= 4 is 22.9 Å². The molecule has 1 aromatic carbocycles. The Labute approximate surface area is 140 Å². The predicted molar refractivity (Wildman–Crippen MR) is 88.3 cm³/mol. The molecule has 1 N–H and O–H groups in total. The Bertz CT molecular complexity index is 813. The molecule has 1 amide bonds. The van der Waals surface area contributed by atoms with Gasteiger partial charge in [0.1, 0.15) is 5.82 Å². The number of carbonyl (C=O) groups is 2. The molecule has 6 heteroatoms. The van der Waals surface area contributed by atoms with Gasteiger partial charge in [-0.3, -0.25) is 9.59 Å². The number of aryl methyl sites for hydroxylation is 1. The van der Waals surface area contributed by atoms with E-state index in [-0.39, 0.29) is 17.9 Å². The normalized spacial score (nSPS) is 26.5. The molecule has 2 heterocycles. The van der Waals surface area contributed by atoms with E-state index in [4.69, 9.17) is 4.98 Å². The van der Waals surface area contributed by atoms with Crippen LogP contribution < -0.4 is 0 Å². The lowest BCUT2D eigenvalue weighted by molar-refractivity contribution is -0.157. The molecular formula is C18H21N3O3. The number of likely N-dealkylation sites (tertiary alicyclic amines) is 1. The lowest BCUT2D eigenvalue weighted by Crippen LogP contribution is -2.46. The lowest BCUT2D eigenvalue weighted by Gasteiger charge is -2.36. The van der Waals surface area contributed by atoms with Crippen molar-refractivity contribution in [3.8, 4) is 0 Å². The van der Waals surface area contributed by atoms with E-state index in [1.54, 1.807) is 0 Å². The molecule has 1 saturated heterocycles. The summed E-state index contributed by atoms with van der Waals surface area (Å²) in [5.74, 6) is -0.841. The minimum Gasteiger partial charge on any atom is -0.481 e. The molecule has 0 bridgehead atoms. The molecule has 1 saturated carbocycles. The van der Waals surface area contributed by atoms with Crippen molar-refractivity contribution in [1.82, 2.24) is 14.5 Å². The Morgan fingerprint density at radius 3 is 2.58 bits per heavy atom. The molecule has 0 radical (unpaired) electrons. The number of hydrogen-bond acceptors (Lipinski definition) is 3. The monoisotopic (exact) mass is 327 g/mol. The second kappa shape index (κ2) is 5.61. The van der Waals surface area contributed by atoms with Crippen LogP contribution in [0.15, 0.2) is 24.3 Å². The summed E-state index contributed by atoms with van der Waals surface area (Å²) in [5, 5.41) is 9.23. The van der Waals surface area contributed by atoms with Crippen LogP contribution in [0.5, 0.6) is 0 Å². The van der Waals surface area contributed by atoms with Gasteiger partial charge in [-0.15, -0.1) is 0 Å². The maximum atomic E-state index is 12.9. The second-order valence-electron chi connectivity index (χ2n) is 6.84. The zero-order valence-corrected chi connectivity index (χ0v) is 13.7. The predicted octanol–water partition coefficient (Wildman–Crippen LogP) is 2.35. The number of aliphatic carboxylic acids is 1. The van der Waals surface area contributed by atoms with E-state index >= 15 is 0 Å². The van der Waals surface area contributed by atoms with E-state index < -0.39 is 11.9 Å². The fourth-order valence-corrected chi connectivity index (χ4v) is 4.07. The molecule has 3 atom stereocenters. The molecule has 2 fully saturated rings. The molecule has 24 heavy (non-hydrogen) atoms. The number of carboxylic acids is 1. The van der Waals surface area contributed by atoms with Crippen LogP contribution in [0.3, 0.4) is 0 Å². The van der Waals surface area contributed by atoms with E-state index in [1.165, 1.54) is 0 Å². The maximum Gasteiger partial charge on any atom is 0.307 e.